The van der Waals surface area contributed by atoms with Gasteiger partial charge in [0.15, 0.2) is 5.82 Å². The highest BCUT2D eigenvalue weighted by Crippen LogP contribution is 2.34. The van der Waals surface area contributed by atoms with Crippen LogP contribution < -0.4 is 9.64 Å². The minimum Gasteiger partial charge on any atom is -0.496 e. The maximum Gasteiger partial charge on any atom is 0.261 e. The summed E-state index contributed by atoms with van der Waals surface area (Å²) in [5, 5.41) is 4.04. The first-order valence-corrected chi connectivity index (χ1v) is 8.60. The number of methoxy groups -OCH3 is 1. The van der Waals surface area contributed by atoms with Gasteiger partial charge in [0.25, 0.3) is 5.89 Å². The van der Waals surface area contributed by atoms with Crippen molar-refractivity contribution in [2.45, 2.75) is 19.3 Å². The Bertz CT molecular complexity index is 1000. The molecule has 1 fully saturated rings. The molecule has 1 aliphatic rings. The molecule has 1 aliphatic heterocycles. The molecule has 2 heterocycles. The molecule has 2 aromatic carbocycles. The van der Waals surface area contributed by atoms with Crippen molar-refractivity contribution in [3.05, 3.63) is 59.7 Å². The Morgan fingerprint density at radius 3 is 2.89 bits per heavy atom. The molecule has 4 rings (SSSR count). The number of ether oxygens (including phenoxy) is 1. The number of anilines is 1. The molecule has 27 heavy (non-hydrogen) atoms. The van der Waals surface area contributed by atoms with Crippen molar-refractivity contribution in [1.82, 2.24) is 10.1 Å². The Kier molecular flexibility index (Phi) is 4.35. The van der Waals surface area contributed by atoms with Crippen LogP contribution in [0, 0.1) is 12.7 Å². The second-order valence-corrected chi connectivity index (χ2v) is 6.52. The largest absolute Gasteiger partial charge is 0.496 e. The molecule has 7 heteroatoms. The van der Waals surface area contributed by atoms with Crippen molar-refractivity contribution in [2.24, 2.45) is 0 Å². The van der Waals surface area contributed by atoms with Gasteiger partial charge in [-0.05, 0) is 36.8 Å². The molecule has 0 N–H and O–H groups in total. The van der Waals surface area contributed by atoms with Crippen LogP contribution in [0.25, 0.3) is 11.5 Å². The number of hydrogen-bond acceptors (Lipinski definition) is 5. The van der Waals surface area contributed by atoms with Crippen LogP contribution in [0.3, 0.4) is 0 Å². The van der Waals surface area contributed by atoms with Crippen LogP contribution >= 0.6 is 0 Å². The molecule has 1 saturated heterocycles. The second-order valence-electron chi connectivity index (χ2n) is 6.52. The summed E-state index contributed by atoms with van der Waals surface area (Å²) >= 11 is 0. The third-order valence-corrected chi connectivity index (χ3v) is 4.66. The van der Waals surface area contributed by atoms with Gasteiger partial charge in [0.2, 0.25) is 5.91 Å². The van der Waals surface area contributed by atoms with Crippen LogP contribution in [0.4, 0.5) is 10.1 Å². The van der Waals surface area contributed by atoms with Crippen molar-refractivity contribution in [3.63, 3.8) is 0 Å². The normalized spacial score (nSPS) is 16.8. The molecule has 0 radical (unpaired) electrons. The Balaban J connectivity index is 1.60. The lowest BCUT2D eigenvalue weighted by Gasteiger charge is -2.17. The van der Waals surface area contributed by atoms with Crippen LogP contribution in [-0.4, -0.2) is 29.7 Å². The number of para-hydroxylation sites is 1. The summed E-state index contributed by atoms with van der Waals surface area (Å²) in [6, 6.07) is 12.1. The number of rotatable bonds is 4. The van der Waals surface area contributed by atoms with Gasteiger partial charge in [-0.3, -0.25) is 4.79 Å². The Morgan fingerprint density at radius 1 is 1.26 bits per heavy atom. The highest BCUT2D eigenvalue weighted by molar-refractivity contribution is 5.96. The zero-order valence-electron chi connectivity index (χ0n) is 15.0. The highest BCUT2D eigenvalue weighted by atomic mass is 19.1. The van der Waals surface area contributed by atoms with Crippen LogP contribution in [0.5, 0.6) is 5.75 Å². The summed E-state index contributed by atoms with van der Waals surface area (Å²) in [6.45, 7) is 2.17. The Labute approximate surface area is 155 Å². The average Bonchev–Trinajstić information content (AvgIpc) is 3.30. The van der Waals surface area contributed by atoms with E-state index in [1.54, 1.807) is 25.3 Å². The standard InChI is InChI=1S/C20H18FN3O3/c1-12-7-8-15(21)16(9-12)24-11-13(10-18(24)25)19-22-20(27-23-19)14-5-3-4-6-17(14)26-2/h3-9,13H,10-11H2,1-2H3. The molecule has 1 atom stereocenters. The van der Waals surface area contributed by atoms with Gasteiger partial charge in [-0.15, -0.1) is 0 Å². The molecule has 0 aliphatic carbocycles. The monoisotopic (exact) mass is 367 g/mol. The van der Waals surface area contributed by atoms with E-state index in [0.29, 0.717) is 29.6 Å². The average molecular weight is 367 g/mol. The molecule has 138 valence electrons. The fourth-order valence-electron chi connectivity index (χ4n) is 3.27. The van der Waals surface area contributed by atoms with Gasteiger partial charge < -0.3 is 14.2 Å². The van der Waals surface area contributed by atoms with E-state index >= 15 is 0 Å². The van der Waals surface area contributed by atoms with Gasteiger partial charge in [-0.1, -0.05) is 23.4 Å². The molecule has 1 unspecified atom stereocenters. The lowest BCUT2D eigenvalue weighted by Crippen LogP contribution is -2.25. The number of carbonyl (C=O) groups is 1. The Morgan fingerprint density at radius 2 is 2.07 bits per heavy atom. The number of benzene rings is 2. The van der Waals surface area contributed by atoms with Crippen molar-refractivity contribution in [1.29, 1.82) is 0 Å². The third-order valence-electron chi connectivity index (χ3n) is 4.66. The minimum atomic E-state index is -0.419. The fraction of sp³-hybridized carbons (Fsp3) is 0.250. The smallest absolute Gasteiger partial charge is 0.261 e. The van der Waals surface area contributed by atoms with Crippen molar-refractivity contribution >= 4 is 11.6 Å². The van der Waals surface area contributed by atoms with E-state index in [4.69, 9.17) is 9.26 Å². The molecule has 0 spiro atoms. The third kappa shape index (κ3) is 3.16. The van der Waals surface area contributed by atoms with Gasteiger partial charge in [0, 0.05) is 18.9 Å². The predicted octanol–water partition coefficient (Wildman–Crippen LogP) is 3.71. The SMILES string of the molecule is COc1ccccc1-c1nc(C2CC(=O)N(c3cc(C)ccc3F)C2)no1. The van der Waals surface area contributed by atoms with E-state index in [1.807, 2.05) is 25.1 Å². The minimum absolute atomic E-state index is 0.159. The van der Waals surface area contributed by atoms with Crippen LogP contribution in [0.15, 0.2) is 47.0 Å². The number of aromatic nitrogens is 2. The number of carbonyl (C=O) groups excluding carboxylic acids is 1. The van der Waals surface area contributed by atoms with Gasteiger partial charge in [-0.25, -0.2) is 4.39 Å². The van der Waals surface area contributed by atoms with E-state index in [9.17, 15) is 9.18 Å². The predicted molar refractivity (Wildman–Crippen MR) is 97.1 cm³/mol. The van der Waals surface area contributed by atoms with Crippen molar-refractivity contribution in [2.75, 3.05) is 18.6 Å². The maximum atomic E-state index is 14.2. The first-order chi connectivity index (χ1) is 13.1. The lowest BCUT2D eigenvalue weighted by atomic mass is 10.1. The van der Waals surface area contributed by atoms with E-state index < -0.39 is 5.82 Å². The fourth-order valence-corrected chi connectivity index (χ4v) is 3.27. The van der Waals surface area contributed by atoms with E-state index in [1.165, 1.54) is 11.0 Å². The van der Waals surface area contributed by atoms with Crippen molar-refractivity contribution < 1.29 is 18.4 Å². The highest BCUT2D eigenvalue weighted by Gasteiger charge is 2.36. The van der Waals surface area contributed by atoms with Gasteiger partial charge in [-0.2, -0.15) is 4.98 Å². The maximum absolute atomic E-state index is 14.2. The number of halogens is 1. The molecule has 3 aromatic rings. The molecule has 6 nitrogen and oxygen atoms in total. The summed E-state index contributed by atoms with van der Waals surface area (Å²) in [4.78, 5) is 18.3. The summed E-state index contributed by atoms with van der Waals surface area (Å²) in [5.41, 5.74) is 1.86. The molecule has 1 aromatic heterocycles. The van der Waals surface area contributed by atoms with Gasteiger partial charge in [0.05, 0.1) is 18.4 Å². The second kappa shape index (κ2) is 6.83. The summed E-state index contributed by atoms with van der Waals surface area (Å²) < 4.78 is 24.9. The van der Waals surface area contributed by atoms with Gasteiger partial charge >= 0.3 is 0 Å². The van der Waals surface area contributed by atoms with E-state index in [-0.39, 0.29) is 23.9 Å². The number of aryl methyl sites for hydroxylation is 1. The van der Waals surface area contributed by atoms with Gasteiger partial charge in [0.1, 0.15) is 11.6 Å². The number of amides is 1. The van der Waals surface area contributed by atoms with Crippen LogP contribution in [0.1, 0.15) is 23.7 Å². The van der Waals surface area contributed by atoms with E-state index in [2.05, 4.69) is 10.1 Å². The van der Waals surface area contributed by atoms with E-state index in [0.717, 1.165) is 5.56 Å². The summed E-state index contributed by atoms with van der Waals surface area (Å²) in [7, 11) is 1.57. The lowest BCUT2D eigenvalue weighted by molar-refractivity contribution is -0.117. The van der Waals surface area contributed by atoms with Crippen molar-refractivity contribution in [3.8, 4) is 17.2 Å². The first-order valence-electron chi connectivity index (χ1n) is 8.60. The van der Waals surface area contributed by atoms with Crippen LogP contribution in [0.2, 0.25) is 0 Å². The molecule has 0 saturated carbocycles. The zero-order valence-corrected chi connectivity index (χ0v) is 15.0. The summed E-state index contributed by atoms with van der Waals surface area (Å²) in [6.07, 6.45) is 0.207. The molecular weight excluding hydrogens is 349 g/mol. The van der Waals surface area contributed by atoms with Crippen LogP contribution in [-0.2, 0) is 4.79 Å². The number of nitrogens with zero attached hydrogens (tertiary/aromatic N) is 3. The summed E-state index contributed by atoms with van der Waals surface area (Å²) in [5.74, 6) is 0.545. The number of hydrogen-bond donors (Lipinski definition) is 0. The molecule has 1 amide bonds. The molecular formula is C20H18FN3O3. The first kappa shape index (κ1) is 17.2. The quantitative estimate of drug-likeness (QED) is 0.703. The topological polar surface area (TPSA) is 68.5 Å². The molecule has 0 bridgehead atoms. The zero-order chi connectivity index (χ0) is 19.0. The Hall–Kier alpha value is -3.22.